The van der Waals surface area contributed by atoms with Crippen molar-refractivity contribution < 1.29 is 23.1 Å². The smallest absolute Gasteiger partial charge is 0.286 e. The lowest BCUT2D eigenvalue weighted by molar-refractivity contribution is -0.119. The van der Waals surface area contributed by atoms with E-state index in [1.54, 1.807) is 16.3 Å². The van der Waals surface area contributed by atoms with E-state index in [4.69, 9.17) is 0 Å². The van der Waals surface area contributed by atoms with Crippen LogP contribution in [-0.4, -0.2) is 37.6 Å². The van der Waals surface area contributed by atoms with E-state index in [1.165, 1.54) is 23.5 Å². The third-order valence-corrected chi connectivity index (χ3v) is 7.11. The number of nitrogens with one attached hydrogen (secondary N) is 1. The van der Waals surface area contributed by atoms with E-state index in [0.717, 1.165) is 12.5 Å². The number of nitrogens with zero attached hydrogens (tertiary/aromatic N) is 2. The number of aromatic hydroxyl groups is 1. The Morgan fingerprint density at radius 3 is 2.76 bits per heavy atom. The van der Waals surface area contributed by atoms with Gasteiger partial charge in [0, 0.05) is 12.6 Å². The molecule has 2 aliphatic heterocycles. The molecule has 8 nitrogen and oxygen atoms in total. The van der Waals surface area contributed by atoms with E-state index in [2.05, 4.69) is 9.71 Å². The summed E-state index contributed by atoms with van der Waals surface area (Å²) in [7, 11) is -4.17. The molecule has 10 heteroatoms. The first-order valence-corrected chi connectivity index (χ1v) is 11.4. The molecule has 0 saturated carbocycles. The van der Waals surface area contributed by atoms with Gasteiger partial charge in [-0.3, -0.25) is 9.59 Å². The normalized spacial score (nSPS) is 20.2. The zero-order valence-corrected chi connectivity index (χ0v) is 17.4. The molecule has 0 fully saturated rings. The predicted octanol–water partition coefficient (Wildman–Crippen LogP) is 2.86. The van der Waals surface area contributed by atoms with Gasteiger partial charge in [-0.2, -0.15) is 8.42 Å². The lowest BCUT2D eigenvalue weighted by atomic mass is 9.93. The summed E-state index contributed by atoms with van der Waals surface area (Å²) >= 11 is 1.22. The van der Waals surface area contributed by atoms with E-state index >= 15 is 0 Å². The molecule has 4 rings (SSSR count). The van der Waals surface area contributed by atoms with Crippen LogP contribution in [-0.2, 0) is 14.8 Å². The summed E-state index contributed by atoms with van der Waals surface area (Å²) in [5, 5.41) is 14.1. The summed E-state index contributed by atoms with van der Waals surface area (Å²) in [6, 6.07) is 5.51. The van der Waals surface area contributed by atoms with Crippen molar-refractivity contribution >= 4 is 50.3 Å². The number of phenols is 1. The van der Waals surface area contributed by atoms with Crippen molar-refractivity contribution in [1.29, 1.82) is 0 Å². The molecule has 1 aromatic carbocycles. The second-order valence-electron chi connectivity index (χ2n) is 7.36. The molecule has 0 bridgehead atoms. The number of carbonyl (C=O) groups is 2. The molecule has 0 radical (unpaired) electrons. The van der Waals surface area contributed by atoms with Gasteiger partial charge in [0.25, 0.3) is 10.0 Å². The van der Waals surface area contributed by atoms with Crippen molar-refractivity contribution in [2.75, 3.05) is 16.8 Å². The third-order valence-electron chi connectivity index (χ3n) is 4.86. The maximum atomic E-state index is 13.2. The molecule has 3 heterocycles. The average molecular weight is 434 g/mol. The number of fused-ring (bicyclic) bond motifs is 2. The number of rotatable bonds is 4. The SMILES string of the molecule is CC(C)CCN1C(=O)C(C2=NS(=O)(=O)c3cc(O)ccc3N2)C(=O)c2sccc21. The molecule has 0 spiro atoms. The van der Waals surface area contributed by atoms with Crippen LogP contribution in [0.1, 0.15) is 29.9 Å². The van der Waals surface area contributed by atoms with E-state index in [1.807, 2.05) is 13.8 Å². The zero-order valence-electron chi connectivity index (χ0n) is 15.7. The number of Topliss-reactive ketones (excluding diaryl/α,β-unsaturated/α-hetero) is 1. The first-order valence-electron chi connectivity index (χ1n) is 9.07. The van der Waals surface area contributed by atoms with E-state index in [9.17, 15) is 23.1 Å². The second kappa shape index (κ2) is 6.96. The molecular formula is C19H19N3O5S2. The molecule has 2 aromatic rings. The van der Waals surface area contributed by atoms with Crippen LogP contribution in [0.5, 0.6) is 5.75 Å². The van der Waals surface area contributed by atoms with Crippen molar-refractivity contribution in [1.82, 2.24) is 0 Å². The number of ketones is 1. The molecule has 1 unspecified atom stereocenters. The molecule has 0 saturated heterocycles. The van der Waals surface area contributed by atoms with Gasteiger partial charge in [0.2, 0.25) is 5.91 Å². The fourth-order valence-electron chi connectivity index (χ4n) is 3.37. The summed E-state index contributed by atoms with van der Waals surface area (Å²) in [6.45, 7) is 4.50. The highest BCUT2D eigenvalue weighted by molar-refractivity contribution is 7.90. The number of sulfonamides is 1. The Hall–Kier alpha value is -2.72. The van der Waals surface area contributed by atoms with Gasteiger partial charge in [-0.15, -0.1) is 15.7 Å². The Morgan fingerprint density at radius 2 is 2.03 bits per heavy atom. The van der Waals surface area contributed by atoms with Gasteiger partial charge in [-0.1, -0.05) is 13.8 Å². The number of anilines is 2. The van der Waals surface area contributed by atoms with E-state index < -0.39 is 27.6 Å². The first-order chi connectivity index (χ1) is 13.7. The monoisotopic (exact) mass is 433 g/mol. The van der Waals surface area contributed by atoms with Crippen LogP contribution < -0.4 is 10.2 Å². The number of hydrogen-bond acceptors (Lipinski definition) is 7. The number of amides is 1. The highest BCUT2D eigenvalue weighted by Gasteiger charge is 2.45. The van der Waals surface area contributed by atoms with Crippen LogP contribution in [0.4, 0.5) is 11.4 Å². The fourth-order valence-corrected chi connectivity index (χ4v) is 5.41. The largest absolute Gasteiger partial charge is 0.508 e. The minimum Gasteiger partial charge on any atom is -0.508 e. The number of amidine groups is 1. The Morgan fingerprint density at radius 1 is 1.28 bits per heavy atom. The van der Waals surface area contributed by atoms with Gasteiger partial charge in [0.15, 0.2) is 11.7 Å². The fraction of sp³-hybridized carbons (Fsp3) is 0.316. The molecular weight excluding hydrogens is 414 g/mol. The molecule has 2 N–H and O–H groups in total. The molecule has 2 aliphatic rings. The number of benzene rings is 1. The summed E-state index contributed by atoms with van der Waals surface area (Å²) in [5.41, 5.74) is 0.727. The Balaban J connectivity index is 1.77. The van der Waals surface area contributed by atoms with E-state index in [0.29, 0.717) is 23.0 Å². The number of phenolic OH excluding ortho intramolecular Hbond substituents is 1. The Bertz CT molecular complexity index is 1150. The average Bonchev–Trinajstić information content (AvgIpc) is 3.11. The predicted molar refractivity (Wildman–Crippen MR) is 110 cm³/mol. The molecule has 152 valence electrons. The zero-order chi connectivity index (χ0) is 20.9. The highest BCUT2D eigenvalue weighted by Crippen LogP contribution is 2.38. The second-order valence-corrected chi connectivity index (χ2v) is 9.85. The van der Waals surface area contributed by atoms with Gasteiger partial charge in [0.05, 0.1) is 16.3 Å². The maximum absolute atomic E-state index is 13.2. The third kappa shape index (κ3) is 3.32. The molecule has 29 heavy (non-hydrogen) atoms. The summed E-state index contributed by atoms with van der Waals surface area (Å²) in [5.74, 6) is -2.40. The highest BCUT2D eigenvalue weighted by atomic mass is 32.2. The first kappa shape index (κ1) is 19.6. The Kier molecular flexibility index (Phi) is 4.70. The van der Waals surface area contributed by atoms with Crippen LogP contribution in [0.2, 0.25) is 0 Å². The topological polar surface area (TPSA) is 116 Å². The van der Waals surface area contributed by atoms with Gasteiger partial charge < -0.3 is 15.3 Å². The van der Waals surface area contributed by atoms with E-state index in [-0.39, 0.29) is 22.2 Å². The molecule has 0 aliphatic carbocycles. The van der Waals surface area contributed by atoms with Crippen LogP contribution in [0.15, 0.2) is 38.9 Å². The minimum absolute atomic E-state index is 0.166. The number of thiophene rings is 1. The Labute approximate surface area is 171 Å². The summed E-state index contributed by atoms with van der Waals surface area (Å²) in [4.78, 5) is 28.0. The number of hydrogen-bond donors (Lipinski definition) is 2. The van der Waals surface area contributed by atoms with Crippen molar-refractivity contribution in [3.63, 3.8) is 0 Å². The van der Waals surface area contributed by atoms with Gasteiger partial charge in [-0.25, -0.2) is 0 Å². The molecule has 1 atom stereocenters. The van der Waals surface area contributed by atoms with Crippen molar-refractivity contribution in [3.05, 3.63) is 34.5 Å². The lowest BCUT2D eigenvalue weighted by Gasteiger charge is -2.33. The van der Waals surface area contributed by atoms with Crippen LogP contribution in [0.3, 0.4) is 0 Å². The van der Waals surface area contributed by atoms with Gasteiger partial charge >= 0.3 is 0 Å². The quantitative estimate of drug-likeness (QED) is 0.566. The van der Waals surface area contributed by atoms with Crippen LogP contribution >= 0.6 is 11.3 Å². The summed E-state index contributed by atoms with van der Waals surface area (Å²) in [6.07, 6.45) is 0.738. The lowest BCUT2D eigenvalue weighted by Crippen LogP contribution is -2.50. The maximum Gasteiger partial charge on any atom is 0.286 e. The van der Waals surface area contributed by atoms with Crippen molar-refractivity contribution in [2.45, 2.75) is 25.2 Å². The molecule has 1 aromatic heterocycles. The standard InChI is InChI=1S/C19H19N3O5S2/c1-10(2)5-7-22-13-6-8-28-17(13)16(24)15(19(22)25)18-20-12-4-3-11(23)9-14(12)29(26,27)21-18/h3-4,6,8-10,15,23H,5,7H2,1-2H3,(H,20,21). The number of carbonyl (C=O) groups excluding carboxylic acids is 2. The van der Waals surface area contributed by atoms with Crippen LogP contribution in [0, 0.1) is 11.8 Å². The molecule has 1 amide bonds. The van der Waals surface area contributed by atoms with Crippen molar-refractivity contribution in [2.24, 2.45) is 16.2 Å². The minimum atomic E-state index is -4.17. The summed E-state index contributed by atoms with van der Waals surface area (Å²) < 4.78 is 28.9. The van der Waals surface area contributed by atoms with Crippen LogP contribution in [0.25, 0.3) is 0 Å². The van der Waals surface area contributed by atoms with Gasteiger partial charge in [-0.05, 0) is 35.9 Å². The van der Waals surface area contributed by atoms with Gasteiger partial charge in [0.1, 0.15) is 16.5 Å². The van der Waals surface area contributed by atoms with Crippen molar-refractivity contribution in [3.8, 4) is 5.75 Å².